The number of hydrogen-bond donors (Lipinski definition) is 1. The number of likely N-dealkylation sites (tertiary alicyclic amines) is 1. The van der Waals surface area contributed by atoms with E-state index in [4.69, 9.17) is 10.5 Å². The fourth-order valence-corrected chi connectivity index (χ4v) is 2.51. The summed E-state index contributed by atoms with van der Waals surface area (Å²) < 4.78 is 5.64. The predicted molar refractivity (Wildman–Crippen MR) is 84.3 cm³/mol. The van der Waals surface area contributed by atoms with E-state index in [9.17, 15) is 4.79 Å². The average Bonchev–Trinajstić information content (AvgIpc) is 2.98. The Balaban J connectivity index is 1.60. The van der Waals surface area contributed by atoms with Crippen LogP contribution >= 0.6 is 0 Å². The lowest BCUT2D eigenvalue weighted by Gasteiger charge is -2.21. The van der Waals surface area contributed by atoms with Gasteiger partial charge in [-0.25, -0.2) is 0 Å². The van der Waals surface area contributed by atoms with Crippen LogP contribution in [0.15, 0.2) is 24.3 Å². The molecule has 2 N–H and O–H groups in total. The Hall–Kier alpha value is -1.75. The Morgan fingerprint density at radius 2 is 2.14 bits per heavy atom. The molecule has 1 aromatic carbocycles. The molecule has 0 aromatic heterocycles. The highest BCUT2D eigenvalue weighted by molar-refractivity contribution is 5.78. The van der Waals surface area contributed by atoms with Gasteiger partial charge in [-0.3, -0.25) is 9.69 Å². The zero-order valence-electron chi connectivity index (χ0n) is 12.8. The summed E-state index contributed by atoms with van der Waals surface area (Å²) in [5, 5.41) is 0. The van der Waals surface area contributed by atoms with E-state index >= 15 is 0 Å². The molecule has 1 saturated heterocycles. The number of ether oxygens (including phenoxy) is 1. The monoisotopic (exact) mass is 291 g/mol. The van der Waals surface area contributed by atoms with Crippen molar-refractivity contribution in [3.05, 3.63) is 24.3 Å². The van der Waals surface area contributed by atoms with Gasteiger partial charge in [0.25, 0.3) is 0 Å². The third-order valence-corrected chi connectivity index (χ3v) is 3.67. The van der Waals surface area contributed by atoms with E-state index in [0.29, 0.717) is 18.8 Å². The second-order valence-electron chi connectivity index (χ2n) is 5.60. The average molecular weight is 291 g/mol. The summed E-state index contributed by atoms with van der Waals surface area (Å²) in [7, 11) is 1.98. The molecule has 1 heterocycles. The topological polar surface area (TPSA) is 58.8 Å². The standard InChI is InChI=1S/C16H25N3O2/c1-18(13-16(20)19-9-2-3-10-19)8-5-11-21-15-7-4-6-14(17)12-15/h4,6-7,12H,2-3,5,8-11,13,17H2,1H3. The van der Waals surface area contributed by atoms with Crippen LogP contribution in [-0.4, -0.2) is 55.5 Å². The number of likely N-dealkylation sites (N-methyl/N-ethyl adjacent to an activating group) is 1. The van der Waals surface area contributed by atoms with E-state index in [1.54, 1.807) is 0 Å². The maximum absolute atomic E-state index is 12.0. The second-order valence-corrected chi connectivity index (χ2v) is 5.60. The minimum Gasteiger partial charge on any atom is -0.493 e. The number of nitrogens with zero attached hydrogens (tertiary/aromatic N) is 2. The first-order valence-corrected chi connectivity index (χ1v) is 7.60. The van der Waals surface area contributed by atoms with Crippen LogP contribution in [0.2, 0.25) is 0 Å². The lowest BCUT2D eigenvalue weighted by Crippen LogP contribution is -2.37. The quantitative estimate of drug-likeness (QED) is 0.612. The van der Waals surface area contributed by atoms with Gasteiger partial charge in [0, 0.05) is 31.4 Å². The van der Waals surface area contributed by atoms with Gasteiger partial charge in [0.1, 0.15) is 5.75 Å². The van der Waals surface area contributed by atoms with Gasteiger partial charge < -0.3 is 15.4 Å². The third kappa shape index (κ3) is 5.27. The zero-order chi connectivity index (χ0) is 15.1. The highest BCUT2D eigenvalue weighted by Gasteiger charge is 2.18. The van der Waals surface area contributed by atoms with Crippen LogP contribution in [0.4, 0.5) is 5.69 Å². The normalized spacial score (nSPS) is 14.7. The van der Waals surface area contributed by atoms with Crippen molar-refractivity contribution in [3.63, 3.8) is 0 Å². The van der Waals surface area contributed by atoms with Gasteiger partial charge >= 0.3 is 0 Å². The maximum atomic E-state index is 12.0. The number of hydrogen-bond acceptors (Lipinski definition) is 4. The highest BCUT2D eigenvalue weighted by Crippen LogP contribution is 2.14. The lowest BCUT2D eigenvalue weighted by atomic mass is 10.3. The number of amides is 1. The minimum absolute atomic E-state index is 0.242. The largest absolute Gasteiger partial charge is 0.493 e. The van der Waals surface area contributed by atoms with E-state index in [0.717, 1.165) is 44.6 Å². The Bertz CT molecular complexity index is 459. The van der Waals surface area contributed by atoms with Crippen LogP contribution in [0.3, 0.4) is 0 Å². The van der Waals surface area contributed by atoms with Crippen molar-refractivity contribution in [2.24, 2.45) is 0 Å². The van der Waals surface area contributed by atoms with Crippen molar-refractivity contribution in [1.29, 1.82) is 0 Å². The molecular formula is C16H25N3O2. The predicted octanol–water partition coefficient (Wildman–Crippen LogP) is 1.59. The first-order chi connectivity index (χ1) is 10.1. The highest BCUT2D eigenvalue weighted by atomic mass is 16.5. The summed E-state index contributed by atoms with van der Waals surface area (Å²) in [6.07, 6.45) is 3.17. The molecule has 0 atom stereocenters. The Morgan fingerprint density at radius 1 is 1.38 bits per heavy atom. The number of nitrogens with two attached hydrogens (primary N) is 1. The summed E-state index contributed by atoms with van der Waals surface area (Å²) >= 11 is 0. The van der Waals surface area contributed by atoms with Crippen molar-refractivity contribution in [2.45, 2.75) is 19.3 Å². The summed E-state index contributed by atoms with van der Waals surface area (Å²) in [5.41, 5.74) is 6.40. The Labute approximate surface area is 126 Å². The SMILES string of the molecule is CN(CCCOc1cccc(N)c1)CC(=O)N1CCCC1. The van der Waals surface area contributed by atoms with E-state index in [2.05, 4.69) is 4.90 Å². The first-order valence-electron chi connectivity index (χ1n) is 7.60. The molecular weight excluding hydrogens is 266 g/mol. The summed E-state index contributed by atoms with van der Waals surface area (Å²) in [6.45, 7) is 3.82. The molecule has 5 nitrogen and oxygen atoms in total. The molecule has 0 unspecified atom stereocenters. The smallest absolute Gasteiger partial charge is 0.236 e. The molecule has 1 amide bonds. The molecule has 1 aliphatic rings. The molecule has 1 fully saturated rings. The Morgan fingerprint density at radius 3 is 2.86 bits per heavy atom. The molecule has 21 heavy (non-hydrogen) atoms. The third-order valence-electron chi connectivity index (χ3n) is 3.67. The van der Waals surface area contributed by atoms with Gasteiger partial charge in [-0.15, -0.1) is 0 Å². The summed E-state index contributed by atoms with van der Waals surface area (Å²) in [4.78, 5) is 16.0. The number of anilines is 1. The summed E-state index contributed by atoms with van der Waals surface area (Å²) in [6, 6.07) is 7.44. The van der Waals surface area contributed by atoms with Crippen LogP contribution in [0.5, 0.6) is 5.75 Å². The number of rotatable bonds is 7. The zero-order valence-corrected chi connectivity index (χ0v) is 12.8. The van der Waals surface area contributed by atoms with Gasteiger partial charge in [-0.2, -0.15) is 0 Å². The van der Waals surface area contributed by atoms with E-state index in [1.807, 2.05) is 36.2 Å². The fourth-order valence-electron chi connectivity index (χ4n) is 2.51. The van der Waals surface area contributed by atoms with E-state index in [-0.39, 0.29) is 5.91 Å². The van der Waals surface area contributed by atoms with Crippen LogP contribution in [0.25, 0.3) is 0 Å². The fraction of sp³-hybridized carbons (Fsp3) is 0.562. The Kier molecular flexibility index (Phi) is 5.87. The van der Waals surface area contributed by atoms with Crippen LogP contribution < -0.4 is 10.5 Å². The van der Waals surface area contributed by atoms with E-state index < -0.39 is 0 Å². The van der Waals surface area contributed by atoms with Gasteiger partial charge in [-0.1, -0.05) is 6.07 Å². The summed E-state index contributed by atoms with van der Waals surface area (Å²) in [5.74, 6) is 1.04. The lowest BCUT2D eigenvalue weighted by molar-refractivity contribution is -0.131. The van der Waals surface area contributed by atoms with Gasteiger partial charge in [0.05, 0.1) is 13.2 Å². The van der Waals surface area contributed by atoms with Crippen LogP contribution in [0, 0.1) is 0 Å². The number of benzene rings is 1. The number of nitrogen functional groups attached to an aromatic ring is 1. The van der Waals surface area contributed by atoms with Crippen molar-refractivity contribution < 1.29 is 9.53 Å². The number of carbonyl (C=O) groups is 1. The molecule has 0 radical (unpaired) electrons. The molecule has 0 spiro atoms. The van der Waals surface area contributed by atoms with Gasteiger partial charge in [-0.05, 0) is 38.4 Å². The number of carbonyl (C=O) groups excluding carboxylic acids is 1. The van der Waals surface area contributed by atoms with Gasteiger partial charge in [0.15, 0.2) is 0 Å². The molecule has 2 rings (SSSR count). The van der Waals surface area contributed by atoms with Gasteiger partial charge in [0.2, 0.25) is 5.91 Å². The van der Waals surface area contributed by atoms with Crippen LogP contribution in [-0.2, 0) is 4.79 Å². The minimum atomic E-state index is 0.242. The maximum Gasteiger partial charge on any atom is 0.236 e. The molecule has 0 aliphatic carbocycles. The van der Waals surface area contributed by atoms with Crippen molar-refractivity contribution in [2.75, 3.05) is 45.6 Å². The second kappa shape index (κ2) is 7.88. The molecule has 5 heteroatoms. The molecule has 0 bridgehead atoms. The van der Waals surface area contributed by atoms with Crippen LogP contribution in [0.1, 0.15) is 19.3 Å². The van der Waals surface area contributed by atoms with Crippen molar-refractivity contribution in [3.8, 4) is 5.75 Å². The molecule has 116 valence electrons. The first kappa shape index (κ1) is 15.6. The molecule has 0 saturated carbocycles. The van der Waals surface area contributed by atoms with Crippen molar-refractivity contribution >= 4 is 11.6 Å². The van der Waals surface area contributed by atoms with E-state index in [1.165, 1.54) is 0 Å². The molecule has 1 aliphatic heterocycles. The molecule has 1 aromatic rings. The van der Waals surface area contributed by atoms with Crippen molar-refractivity contribution in [1.82, 2.24) is 9.80 Å².